The molecule has 0 spiro atoms. The normalized spacial score (nSPS) is 21.2. The number of piperidine rings is 1. The van der Waals surface area contributed by atoms with Gasteiger partial charge < -0.3 is 15.4 Å². The number of aromatic amines is 1. The lowest BCUT2D eigenvalue weighted by molar-refractivity contribution is -0.192. The fraction of sp³-hybridized carbons (Fsp3) is 0.464. The number of carboxylic acid groups (broad SMARTS) is 1. The van der Waals surface area contributed by atoms with Crippen LogP contribution in [0.3, 0.4) is 0 Å². The highest BCUT2D eigenvalue weighted by Gasteiger charge is 2.38. The van der Waals surface area contributed by atoms with Crippen molar-refractivity contribution in [2.24, 2.45) is 0 Å². The lowest BCUT2D eigenvalue weighted by Crippen LogP contribution is -2.37. The van der Waals surface area contributed by atoms with Crippen molar-refractivity contribution in [1.82, 2.24) is 24.9 Å². The molecular formula is C28H32F3N5O2. The van der Waals surface area contributed by atoms with Gasteiger partial charge in [-0.25, -0.2) is 14.3 Å². The first-order chi connectivity index (χ1) is 17.9. The van der Waals surface area contributed by atoms with Crippen molar-refractivity contribution in [2.75, 3.05) is 0 Å². The summed E-state index contributed by atoms with van der Waals surface area (Å²) in [5.74, 6) is -1.65. The van der Waals surface area contributed by atoms with Gasteiger partial charge in [-0.05, 0) is 85.8 Å². The van der Waals surface area contributed by atoms with E-state index in [2.05, 4.69) is 72.5 Å². The molecule has 10 heteroatoms. The third kappa shape index (κ3) is 4.77. The van der Waals surface area contributed by atoms with Crippen molar-refractivity contribution in [2.45, 2.75) is 83.5 Å². The number of H-pyrrole nitrogens is 1. The van der Waals surface area contributed by atoms with Gasteiger partial charge in [-0.15, -0.1) is 0 Å². The fourth-order valence-electron chi connectivity index (χ4n) is 6.08. The molecule has 38 heavy (non-hydrogen) atoms. The minimum atomic E-state index is -5.08. The van der Waals surface area contributed by atoms with E-state index in [-0.39, 0.29) is 0 Å². The maximum Gasteiger partial charge on any atom is 0.490 e. The summed E-state index contributed by atoms with van der Waals surface area (Å²) in [6, 6.07) is 8.58. The number of carbonyl (C=O) groups is 1. The molecule has 2 aliphatic heterocycles. The number of benzene rings is 1. The minimum Gasteiger partial charge on any atom is -0.475 e. The number of halogens is 3. The van der Waals surface area contributed by atoms with Crippen LogP contribution in [0.15, 0.2) is 30.7 Å². The van der Waals surface area contributed by atoms with Crippen LogP contribution in [0.5, 0.6) is 0 Å². The highest BCUT2D eigenvalue weighted by Crippen LogP contribution is 2.41. The highest BCUT2D eigenvalue weighted by molar-refractivity contribution is 5.92. The van der Waals surface area contributed by atoms with E-state index in [9.17, 15) is 13.2 Å². The second kappa shape index (κ2) is 9.72. The van der Waals surface area contributed by atoms with Gasteiger partial charge in [0.1, 0.15) is 6.33 Å². The molecule has 7 nitrogen and oxygen atoms in total. The molecule has 0 saturated carbocycles. The average Bonchev–Trinajstić information content (AvgIpc) is 3.57. The van der Waals surface area contributed by atoms with Crippen molar-refractivity contribution in [3.8, 4) is 11.3 Å². The van der Waals surface area contributed by atoms with Crippen molar-refractivity contribution >= 4 is 22.5 Å². The van der Waals surface area contributed by atoms with Gasteiger partial charge in [-0.3, -0.25) is 0 Å². The summed E-state index contributed by atoms with van der Waals surface area (Å²) in [6.07, 6.45) is 3.93. The maximum atomic E-state index is 10.6. The van der Waals surface area contributed by atoms with E-state index in [1.165, 1.54) is 70.1 Å². The summed E-state index contributed by atoms with van der Waals surface area (Å²) >= 11 is 0. The average molecular weight is 528 g/mol. The van der Waals surface area contributed by atoms with Crippen LogP contribution < -0.4 is 5.32 Å². The number of alkyl halides is 3. The number of nitrogens with zero attached hydrogens (tertiary/aromatic N) is 3. The van der Waals surface area contributed by atoms with Gasteiger partial charge in [-0.2, -0.15) is 18.3 Å². The molecular weight excluding hydrogens is 495 g/mol. The first-order valence-electron chi connectivity index (χ1n) is 13.0. The third-order valence-corrected chi connectivity index (χ3v) is 8.02. The molecule has 2 unspecified atom stereocenters. The van der Waals surface area contributed by atoms with Crippen LogP contribution in [-0.2, 0) is 4.79 Å². The van der Waals surface area contributed by atoms with E-state index in [4.69, 9.17) is 9.90 Å². The number of nitrogens with one attached hydrogen (secondary N) is 2. The van der Waals surface area contributed by atoms with Crippen LogP contribution >= 0.6 is 0 Å². The number of aliphatic carboxylic acids is 1. The van der Waals surface area contributed by atoms with Crippen molar-refractivity contribution in [1.29, 1.82) is 0 Å². The molecule has 0 aliphatic carbocycles. The van der Waals surface area contributed by atoms with Gasteiger partial charge in [-0.1, -0.05) is 19.9 Å². The quantitative estimate of drug-likeness (QED) is 0.293. The van der Waals surface area contributed by atoms with Gasteiger partial charge in [0, 0.05) is 34.7 Å². The van der Waals surface area contributed by atoms with E-state index in [1.807, 2.05) is 4.52 Å². The van der Waals surface area contributed by atoms with Crippen molar-refractivity contribution < 1.29 is 23.1 Å². The molecule has 2 fully saturated rings. The molecule has 6 rings (SSSR count). The molecule has 5 heterocycles. The Morgan fingerprint density at radius 3 is 2.39 bits per heavy atom. The number of fused-ring (bicyclic) bond motifs is 4. The van der Waals surface area contributed by atoms with Crippen LogP contribution in [0.25, 0.3) is 27.8 Å². The summed E-state index contributed by atoms with van der Waals surface area (Å²) in [7, 11) is 0. The smallest absolute Gasteiger partial charge is 0.475 e. The topological polar surface area (TPSA) is 95.3 Å². The fourth-order valence-corrected chi connectivity index (χ4v) is 6.08. The molecule has 2 saturated heterocycles. The summed E-state index contributed by atoms with van der Waals surface area (Å²) in [6.45, 7) is 8.95. The summed E-state index contributed by atoms with van der Waals surface area (Å²) < 4.78 is 33.6. The minimum absolute atomic E-state index is 0.425. The van der Waals surface area contributed by atoms with E-state index in [0.29, 0.717) is 23.9 Å². The first-order valence-corrected chi connectivity index (χ1v) is 13.0. The SMILES string of the molecule is Cc1c(-c2[nH]c3ccc(C4CC5CCC(C4)N5)cc3c2C(C)C)cn2ncnc2c1C.O=C(O)C(F)(F)F. The zero-order valence-electron chi connectivity index (χ0n) is 21.9. The molecule has 0 radical (unpaired) electrons. The van der Waals surface area contributed by atoms with E-state index >= 15 is 0 Å². The molecule has 2 bridgehead atoms. The second-order valence-corrected chi connectivity index (χ2v) is 10.8. The molecule has 1 aromatic carbocycles. The Balaban J connectivity index is 0.000000374. The molecule has 2 aliphatic rings. The third-order valence-electron chi connectivity index (χ3n) is 8.02. The number of aryl methyl sites for hydroxylation is 1. The molecule has 4 aromatic rings. The van der Waals surface area contributed by atoms with Gasteiger partial charge in [0.25, 0.3) is 0 Å². The highest BCUT2D eigenvalue weighted by atomic mass is 19.4. The summed E-state index contributed by atoms with van der Waals surface area (Å²) in [5.41, 5.74) is 10.00. The Morgan fingerprint density at radius 1 is 1.13 bits per heavy atom. The molecule has 2 atom stereocenters. The second-order valence-electron chi connectivity index (χ2n) is 10.8. The largest absolute Gasteiger partial charge is 0.490 e. The summed E-state index contributed by atoms with van der Waals surface area (Å²) in [4.78, 5) is 17.1. The molecule has 0 amide bonds. The Kier molecular flexibility index (Phi) is 6.71. The number of rotatable bonds is 3. The van der Waals surface area contributed by atoms with Crippen LogP contribution in [0.1, 0.15) is 73.6 Å². The van der Waals surface area contributed by atoms with Crippen LogP contribution in [-0.4, -0.2) is 48.9 Å². The lowest BCUT2D eigenvalue weighted by atomic mass is 9.85. The van der Waals surface area contributed by atoms with Gasteiger partial charge in [0.05, 0.1) is 5.69 Å². The Bertz CT molecular complexity index is 1490. The number of hydrogen-bond donors (Lipinski definition) is 3. The number of pyridine rings is 1. The number of hydrogen-bond acceptors (Lipinski definition) is 4. The number of aromatic nitrogens is 4. The predicted molar refractivity (Wildman–Crippen MR) is 139 cm³/mol. The van der Waals surface area contributed by atoms with E-state index in [0.717, 1.165) is 5.65 Å². The molecule has 202 valence electrons. The Labute approximate surface area is 218 Å². The molecule has 3 aromatic heterocycles. The summed E-state index contributed by atoms with van der Waals surface area (Å²) in [5, 5.41) is 16.7. The van der Waals surface area contributed by atoms with Crippen LogP contribution in [0, 0.1) is 13.8 Å². The first kappa shape index (κ1) is 26.2. The monoisotopic (exact) mass is 527 g/mol. The van der Waals surface area contributed by atoms with Crippen LogP contribution in [0.2, 0.25) is 0 Å². The predicted octanol–water partition coefficient (Wildman–Crippen LogP) is 6.25. The van der Waals surface area contributed by atoms with E-state index in [1.54, 1.807) is 6.33 Å². The van der Waals surface area contributed by atoms with Crippen molar-refractivity contribution in [3.05, 3.63) is 53.0 Å². The standard InChI is InChI=1S/C26H31N5.C2HF3O2/c1-14(2)24-21-11-17(18-9-19-6-7-20(10-18)29-19)5-8-23(21)30-25(24)22-12-31-26(27-13-28-31)16(4)15(22)3;3-2(4,5)1(6)7/h5,8,11-14,18-20,29-30H,6-7,9-10H2,1-4H3;(H,6,7). The van der Waals surface area contributed by atoms with Gasteiger partial charge in [0.2, 0.25) is 0 Å². The molecule has 3 N–H and O–H groups in total. The zero-order chi connectivity index (χ0) is 27.4. The van der Waals surface area contributed by atoms with Crippen molar-refractivity contribution in [3.63, 3.8) is 0 Å². The maximum absolute atomic E-state index is 10.6. The van der Waals surface area contributed by atoms with E-state index < -0.39 is 12.1 Å². The lowest BCUT2D eigenvalue weighted by Gasteiger charge is -2.29. The van der Waals surface area contributed by atoms with Gasteiger partial charge in [0.15, 0.2) is 5.65 Å². The van der Waals surface area contributed by atoms with Crippen LogP contribution in [0.4, 0.5) is 13.2 Å². The van der Waals surface area contributed by atoms with Gasteiger partial charge >= 0.3 is 12.1 Å². The Morgan fingerprint density at radius 2 is 1.79 bits per heavy atom. The zero-order valence-corrected chi connectivity index (χ0v) is 21.9. The Hall–Kier alpha value is -3.40. The number of carboxylic acids is 1.